The monoisotopic (exact) mass is 327 g/mol. The molecule has 0 aliphatic rings. The molecule has 2 rings (SSSR count). The second kappa shape index (κ2) is 5.43. The van der Waals surface area contributed by atoms with Crippen LogP contribution < -0.4 is 5.73 Å². The van der Waals surface area contributed by atoms with Gasteiger partial charge in [-0.2, -0.15) is 5.10 Å². The van der Waals surface area contributed by atoms with E-state index < -0.39 is 0 Å². The predicted molar refractivity (Wildman–Crippen MR) is 78.5 cm³/mol. The topological polar surface area (TPSA) is 43.8 Å². The molecule has 0 radical (unpaired) electrons. The molecular formula is C13H15BrClN3. The largest absolute Gasteiger partial charge is 0.330 e. The Morgan fingerprint density at radius 2 is 2.11 bits per heavy atom. The molecule has 0 aliphatic heterocycles. The number of aromatic nitrogens is 2. The van der Waals surface area contributed by atoms with E-state index in [0.717, 1.165) is 33.0 Å². The Bertz CT molecular complexity index is 578. The van der Waals surface area contributed by atoms with E-state index in [1.165, 1.54) is 5.56 Å². The molecule has 0 saturated carbocycles. The molecule has 5 heteroatoms. The maximum absolute atomic E-state index is 6.16. The Morgan fingerprint density at radius 3 is 2.61 bits per heavy atom. The lowest BCUT2D eigenvalue weighted by molar-refractivity contribution is 0.831. The van der Waals surface area contributed by atoms with Gasteiger partial charge < -0.3 is 5.73 Å². The van der Waals surface area contributed by atoms with Crippen molar-refractivity contribution in [1.82, 2.24) is 9.78 Å². The molecule has 1 aromatic carbocycles. The first-order valence-corrected chi connectivity index (χ1v) is 6.92. The van der Waals surface area contributed by atoms with Gasteiger partial charge in [-0.05, 0) is 44.5 Å². The van der Waals surface area contributed by atoms with Crippen molar-refractivity contribution in [2.24, 2.45) is 5.73 Å². The van der Waals surface area contributed by atoms with Crippen LogP contribution in [0.4, 0.5) is 0 Å². The van der Waals surface area contributed by atoms with E-state index in [2.05, 4.69) is 27.1 Å². The fourth-order valence-corrected chi connectivity index (χ4v) is 2.58. The van der Waals surface area contributed by atoms with Crippen LogP contribution >= 0.6 is 27.5 Å². The summed E-state index contributed by atoms with van der Waals surface area (Å²) in [7, 11) is 0. The van der Waals surface area contributed by atoms with E-state index in [4.69, 9.17) is 17.3 Å². The quantitative estimate of drug-likeness (QED) is 0.938. The number of halogens is 2. The molecule has 1 aromatic heterocycles. The Hall–Kier alpha value is -0.840. The van der Waals surface area contributed by atoms with Crippen LogP contribution in [0.25, 0.3) is 5.69 Å². The lowest BCUT2D eigenvalue weighted by Crippen LogP contribution is -2.04. The van der Waals surface area contributed by atoms with Gasteiger partial charge in [0.2, 0.25) is 0 Å². The highest BCUT2D eigenvalue weighted by atomic mass is 79.9. The third-order valence-electron chi connectivity index (χ3n) is 2.90. The van der Waals surface area contributed by atoms with Crippen molar-refractivity contribution in [3.63, 3.8) is 0 Å². The SMILES string of the molecule is Cc1nn(-c2ccc(CCN)c(Br)c2)c(C)c1Cl. The second-order valence-electron chi connectivity index (χ2n) is 4.21. The summed E-state index contributed by atoms with van der Waals surface area (Å²) in [6, 6.07) is 6.14. The van der Waals surface area contributed by atoms with Crippen molar-refractivity contribution in [2.45, 2.75) is 20.3 Å². The van der Waals surface area contributed by atoms with Crippen LogP contribution in [0.1, 0.15) is 17.0 Å². The Morgan fingerprint density at radius 1 is 1.39 bits per heavy atom. The molecule has 0 saturated heterocycles. The highest BCUT2D eigenvalue weighted by Gasteiger charge is 2.11. The maximum atomic E-state index is 6.16. The average molecular weight is 329 g/mol. The van der Waals surface area contributed by atoms with Crippen LogP contribution in [-0.4, -0.2) is 16.3 Å². The number of benzene rings is 1. The third-order valence-corrected chi connectivity index (χ3v) is 4.18. The van der Waals surface area contributed by atoms with Crippen LogP contribution in [0.5, 0.6) is 0 Å². The van der Waals surface area contributed by atoms with Gasteiger partial charge >= 0.3 is 0 Å². The third kappa shape index (κ3) is 2.46. The fourth-order valence-electron chi connectivity index (χ4n) is 1.90. The van der Waals surface area contributed by atoms with Crippen LogP contribution in [0.3, 0.4) is 0 Å². The molecule has 0 fully saturated rings. The molecule has 18 heavy (non-hydrogen) atoms. The van der Waals surface area contributed by atoms with Crippen LogP contribution in [-0.2, 0) is 6.42 Å². The smallest absolute Gasteiger partial charge is 0.0848 e. The lowest BCUT2D eigenvalue weighted by Gasteiger charge is -2.08. The molecule has 0 aliphatic carbocycles. The predicted octanol–water partition coefficient (Wildman–Crippen LogP) is 3.41. The van der Waals surface area contributed by atoms with E-state index >= 15 is 0 Å². The number of rotatable bonds is 3. The van der Waals surface area contributed by atoms with Gasteiger partial charge in [-0.3, -0.25) is 0 Å². The average Bonchev–Trinajstić information content (AvgIpc) is 2.60. The maximum Gasteiger partial charge on any atom is 0.0848 e. The zero-order valence-corrected chi connectivity index (χ0v) is 12.7. The van der Waals surface area contributed by atoms with Gasteiger partial charge in [0.1, 0.15) is 0 Å². The van der Waals surface area contributed by atoms with E-state index in [1.807, 2.05) is 30.7 Å². The van der Waals surface area contributed by atoms with Crippen LogP contribution in [0, 0.1) is 13.8 Å². The number of hydrogen-bond acceptors (Lipinski definition) is 2. The molecule has 0 bridgehead atoms. The summed E-state index contributed by atoms with van der Waals surface area (Å²) in [6.45, 7) is 4.51. The molecule has 3 nitrogen and oxygen atoms in total. The summed E-state index contributed by atoms with van der Waals surface area (Å²) in [4.78, 5) is 0. The highest BCUT2D eigenvalue weighted by Crippen LogP contribution is 2.25. The Kier molecular flexibility index (Phi) is 4.10. The molecule has 1 heterocycles. The zero-order chi connectivity index (χ0) is 13.3. The Labute approximate surface area is 120 Å². The summed E-state index contributed by atoms with van der Waals surface area (Å²) in [6.07, 6.45) is 0.860. The van der Waals surface area contributed by atoms with Gasteiger partial charge in [0.15, 0.2) is 0 Å². The minimum absolute atomic E-state index is 0.643. The minimum atomic E-state index is 0.643. The van der Waals surface area contributed by atoms with E-state index in [1.54, 1.807) is 0 Å². The van der Waals surface area contributed by atoms with Gasteiger partial charge in [0.05, 0.1) is 22.1 Å². The molecule has 0 atom stereocenters. The molecule has 0 amide bonds. The molecule has 2 N–H and O–H groups in total. The minimum Gasteiger partial charge on any atom is -0.330 e. The number of nitrogens with two attached hydrogens (primary N) is 1. The molecule has 96 valence electrons. The van der Waals surface area contributed by atoms with Gasteiger partial charge in [-0.1, -0.05) is 33.6 Å². The fraction of sp³-hybridized carbons (Fsp3) is 0.308. The zero-order valence-electron chi connectivity index (χ0n) is 10.4. The first-order chi connectivity index (χ1) is 8.54. The molecular weight excluding hydrogens is 314 g/mol. The second-order valence-corrected chi connectivity index (χ2v) is 5.44. The van der Waals surface area contributed by atoms with Crippen LogP contribution in [0.2, 0.25) is 5.02 Å². The number of aryl methyl sites for hydroxylation is 1. The van der Waals surface area contributed by atoms with E-state index in [0.29, 0.717) is 6.54 Å². The van der Waals surface area contributed by atoms with Crippen molar-refractivity contribution in [2.75, 3.05) is 6.54 Å². The highest BCUT2D eigenvalue weighted by molar-refractivity contribution is 9.10. The Balaban J connectivity index is 2.45. The van der Waals surface area contributed by atoms with Crippen molar-refractivity contribution < 1.29 is 0 Å². The molecule has 0 spiro atoms. The van der Waals surface area contributed by atoms with Crippen molar-refractivity contribution >= 4 is 27.5 Å². The van der Waals surface area contributed by atoms with E-state index in [9.17, 15) is 0 Å². The normalized spacial score (nSPS) is 10.9. The van der Waals surface area contributed by atoms with Crippen molar-refractivity contribution in [3.8, 4) is 5.69 Å². The lowest BCUT2D eigenvalue weighted by atomic mass is 10.1. The van der Waals surface area contributed by atoms with Crippen molar-refractivity contribution in [3.05, 3.63) is 44.6 Å². The molecule has 2 aromatic rings. The van der Waals surface area contributed by atoms with Gasteiger partial charge in [-0.25, -0.2) is 4.68 Å². The van der Waals surface area contributed by atoms with Gasteiger partial charge in [0.25, 0.3) is 0 Å². The van der Waals surface area contributed by atoms with Gasteiger partial charge in [-0.15, -0.1) is 0 Å². The number of nitrogens with zero attached hydrogens (tertiary/aromatic N) is 2. The summed E-state index contributed by atoms with van der Waals surface area (Å²) in [5.74, 6) is 0. The van der Waals surface area contributed by atoms with Crippen LogP contribution in [0.15, 0.2) is 22.7 Å². The molecule has 0 unspecified atom stereocenters. The summed E-state index contributed by atoms with van der Waals surface area (Å²) in [5, 5.41) is 5.16. The summed E-state index contributed by atoms with van der Waals surface area (Å²) < 4.78 is 2.91. The number of hydrogen-bond donors (Lipinski definition) is 1. The van der Waals surface area contributed by atoms with E-state index in [-0.39, 0.29) is 0 Å². The standard InChI is InChI=1S/C13H15BrClN3/c1-8-13(15)9(2)18(17-8)11-4-3-10(5-6-16)12(14)7-11/h3-4,7H,5-6,16H2,1-2H3. The summed E-state index contributed by atoms with van der Waals surface area (Å²) >= 11 is 9.72. The first-order valence-electron chi connectivity index (χ1n) is 5.75. The van der Waals surface area contributed by atoms with Crippen molar-refractivity contribution in [1.29, 1.82) is 0 Å². The summed E-state index contributed by atoms with van der Waals surface area (Å²) in [5.41, 5.74) is 9.56. The first kappa shape index (κ1) is 13.6. The van der Waals surface area contributed by atoms with Gasteiger partial charge in [0, 0.05) is 4.47 Å².